The van der Waals surface area contributed by atoms with E-state index in [4.69, 9.17) is 5.14 Å². The molecule has 0 aromatic heterocycles. The van der Waals surface area contributed by atoms with Gasteiger partial charge in [-0.1, -0.05) is 12.1 Å². The van der Waals surface area contributed by atoms with E-state index in [1.807, 2.05) is 0 Å². The molecule has 0 radical (unpaired) electrons. The highest BCUT2D eigenvalue weighted by Gasteiger charge is 2.26. The molecule has 2 rings (SSSR count). The van der Waals surface area contributed by atoms with Crippen LogP contribution >= 0.6 is 0 Å². The van der Waals surface area contributed by atoms with Crippen molar-refractivity contribution in [2.24, 2.45) is 5.14 Å². The zero-order valence-corrected chi connectivity index (χ0v) is 9.33. The van der Waals surface area contributed by atoms with Crippen LogP contribution in [-0.2, 0) is 10.0 Å². The fourth-order valence-electron chi connectivity index (χ4n) is 1.39. The van der Waals surface area contributed by atoms with Gasteiger partial charge in [0.05, 0.1) is 10.5 Å². The first kappa shape index (κ1) is 11.1. The number of benzene rings is 1. The smallest absolute Gasteiger partial charge is 0.252 e. The lowest BCUT2D eigenvalue weighted by Gasteiger charge is -2.07. The highest BCUT2D eigenvalue weighted by molar-refractivity contribution is 7.89. The van der Waals surface area contributed by atoms with Gasteiger partial charge in [-0.15, -0.1) is 0 Å². The molecular formula is C10H12N2O3S. The zero-order chi connectivity index (χ0) is 11.8. The zero-order valence-electron chi connectivity index (χ0n) is 8.51. The van der Waals surface area contributed by atoms with Crippen LogP contribution in [-0.4, -0.2) is 20.4 Å². The molecule has 0 saturated heterocycles. The summed E-state index contributed by atoms with van der Waals surface area (Å²) in [6, 6.07) is 6.11. The summed E-state index contributed by atoms with van der Waals surface area (Å²) < 4.78 is 22.5. The molecule has 0 aliphatic heterocycles. The number of hydrogen-bond donors (Lipinski definition) is 2. The third kappa shape index (κ3) is 2.40. The van der Waals surface area contributed by atoms with Crippen molar-refractivity contribution in [3.05, 3.63) is 29.8 Å². The van der Waals surface area contributed by atoms with Gasteiger partial charge in [0.15, 0.2) is 0 Å². The molecule has 1 aliphatic carbocycles. The second-order valence-corrected chi connectivity index (χ2v) is 5.32. The first-order chi connectivity index (χ1) is 7.48. The molecule has 1 fully saturated rings. The standard InChI is InChI=1S/C10H12N2O3S/c11-16(14,15)9-4-2-1-3-8(9)10(13)12-7-5-6-7/h1-4,7H,5-6H2,(H,12,13)(H2,11,14,15). The van der Waals surface area contributed by atoms with Crippen LogP contribution in [0.2, 0.25) is 0 Å². The summed E-state index contributed by atoms with van der Waals surface area (Å²) in [6.07, 6.45) is 1.90. The molecule has 1 amide bonds. The van der Waals surface area contributed by atoms with E-state index in [2.05, 4.69) is 5.32 Å². The molecule has 1 aromatic carbocycles. The van der Waals surface area contributed by atoms with Crippen LogP contribution in [0.15, 0.2) is 29.2 Å². The average Bonchev–Trinajstić information content (AvgIpc) is 3.00. The Morgan fingerprint density at radius 1 is 1.31 bits per heavy atom. The van der Waals surface area contributed by atoms with Crippen molar-refractivity contribution in [1.82, 2.24) is 5.32 Å². The number of carbonyl (C=O) groups excluding carboxylic acids is 1. The van der Waals surface area contributed by atoms with E-state index in [1.54, 1.807) is 6.07 Å². The van der Waals surface area contributed by atoms with E-state index in [-0.39, 0.29) is 22.4 Å². The third-order valence-electron chi connectivity index (χ3n) is 2.35. The van der Waals surface area contributed by atoms with Crippen molar-refractivity contribution < 1.29 is 13.2 Å². The minimum Gasteiger partial charge on any atom is -0.349 e. The van der Waals surface area contributed by atoms with Gasteiger partial charge in [0, 0.05) is 6.04 Å². The lowest BCUT2D eigenvalue weighted by atomic mass is 10.2. The highest BCUT2D eigenvalue weighted by atomic mass is 32.2. The van der Waals surface area contributed by atoms with Crippen molar-refractivity contribution in [3.63, 3.8) is 0 Å². The van der Waals surface area contributed by atoms with E-state index in [0.29, 0.717) is 0 Å². The summed E-state index contributed by atoms with van der Waals surface area (Å²) in [4.78, 5) is 11.6. The van der Waals surface area contributed by atoms with Gasteiger partial charge < -0.3 is 5.32 Å². The minimum absolute atomic E-state index is 0.108. The van der Waals surface area contributed by atoms with Crippen LogP contribution in [0.4, 0.5) is 0 Å². The molecule has 16 heavy (non-hydrogen) atoms. The number of sulfonamides is 1. The molecule has 0 spiro atoms. The number of carbonyl (C=O) groups is 1. The summed E-state index contributed by atoms with van der Waals surface area (Å²) in [6.45, 7) is 0. The summed E-state index contributed by atoms with van der Waals surface area (Å²) in [5, 5.41) is 7.76. The predicted octanol–water partition coefficient (Wildman–Crippen LogP) is 0.226. The number of nitrogens with two attached hydrogens (primary N) is 1. The van der Waals surface area contributed by atoms with Gasteiger partial charge in [0.1, 0.15) is 0 Å². The number of rotatable bonds is 3. The Bertz CT molecular complexity index is 521. The van der Waals surface area contributed by atoms with Gasteiger partial charge >= 0.3 is 0 Å². The van der Waals surface area contributed by atoms with Crippen LogP contribution in [0.5, 0.6) is 0 Å². The SMILES string of the molecule is NS(=O)(=O)c1ccccc1C(=O)NC1CC1. The fourth-order valence-corrected chi connectivity index (χ4v) is 2.13. The van der Waals surface area contributed by atoms with Gasteiger partial charge in [0.2, 0.25) is 10.0 Å². The molecular weight excluding hydrogens is 228 g/mol. The first-order valence-corrected chi connectivity index (χ1v) is 6.46. The van der Waals surface area contributed by atoms with Gasteiger partial charge in [-0.05, 0) is 25.0 Å². The number of hydrogen-bond acceptors (Lipinski definition) is 3. The Morgan fingerprint density at radius 2 is 1.94 bits per heavy atom. The van der Waals surface area contributed by atoms with Crippen LogP contribution in [0, 0.1) is 0 Å². The van der Waals surface area contributed by atoms with Crippen molar-refractivity contribution in [2.75, 3.05) is 0 Å². The van der Waals surface area contributed by atoms with Crippen molar-refractivity contribution in [1.29, 1.82) is 0 Å². The lowest BCUT2D eigenvalue weighted by Crippen LogP contribution is -2.28. The second kappa shape index (κ2) is 3.88. The maximum atomic E-state index is 11.7. The van der Waals surface area contributed by atoms with Crippen LogP contribution in [0.25, 0.3) is 0 Å². The van der Waals surface area contributed by atoms with Crippen molar-refractivity contribution in [3.8, 4) is 0 Å². The van der Waals surface area contributed by atoms with E-state index >= 15 is 0 Å². The molecule has 1 saturated carbocycles. The summed E-state index contributed by atoms with van der Waals surface area (Å²) in [7, 11) is -3.85. The van der Waals surface area contributed by atoms with Crippen LogP contribution in [0.1, 0.15) is 23.2 Å². The summed E-state index contributed by atoms with van der Waals surface area (Å²) >= 11 is 0. The molecule has 86 valence electrons. The Balaban J connectivity index is 2.35. The van der Waals surface area contributed by atoms with E-state index < -0.39 is 10.0 Å². The Kier molecular flexibility index (Phi) is 2.69. The quantitative estimate of drug-likeness (QED) is 0.792. The fraction of sp³-hybridized carbons (Fsp3) is 0.300. The maximum absolute atomic E-state index is 11.7. The van der Waals surface area contributed by atoms with Gasteiger partial charge in [0.25, 0.3) is 5.91 Å². The minimum atomic E-state index is -3.85. The molecule has 0 bridgehead atoms. The first-order valence-electron chi connectivity index (χ1n) is 4.91. The highest BCUT2D eigenvalue weighted by Crippen LogP contribution is 2.20. The number of nitrogens with one attached hydrogen (secondary N) is 1. The molecule has 6 heteroatoms. The predicted molar refractivity (Wildman–Crippen MR) is 58.3 cm³/mol. The van der Waals surface area contributed by atoms with Gasteiger partial charge in [-0.25, -0.2) is 13.6 Å². The van der Waals surface area contributed by atoms with Gasteiger partial charge in [-0.3, -0.25) is 4.79 Å². The molecule has 1 aromatic rings. The third-order valence-corrected chi connectivity index (χ3v) is 3.32. The van der Waals surface area contributed by atoms with Gasteiger partial charge in [-0.2, -0.15) is 0 Å². The largest absolute Gasteiger partial charge is 0.349 e. The molecule has 0 heterocycles. The molecule has 1 aliphatic rings. The van der Waals surface area contributed by atoms with E-state index in [1.165, 1.54) is 18.2 Å². The van der Waals surface area contributed by atoms with E-state index in [9.17, 15) is 13.2 Å². The van der Waals surface area contributed by atoms with E-state index in [0.717, 1.165) is 12.8 Å². The Hall–Kier alpha value is -1.40. The van der Waals surface area contributed by atoms with Crippen LogP contribution < -0.4 is 10.5 Å². The normalized spacial score (nSPS) is 15.8. The number of amides is 1. The van der Waals surface area contributed by atoms with Crippen LogP contribution in [0.3, 0.4) is 0 Å². The molecule has 3 N–H and O–H groups in total. The average molecular weight is 240 g/mol. The molecule has 0 atom stereocenters. The molecule has 0 unspecified atom stereocenters. The maximum Gasteiger partial charge on any atom is 0.252 e. The number of primary sulfonamides is 1. The summed E-state index contributed by atoms with van der Waals surface area (Å²) in [5.41, 5.74) is 0.108. The summed E-state index contributed by atoms with van der Waals surface area (Å²) in [5.74, 6) is -0.382. The van der Waals surface area contributed by atoms with Crippen molar-refractivity contribution >= 4 is 15.9 Å². The monoisotopic (exact) mass is 240 g/mol. The topological polar surface area (TPSA) is 89.3 Å². The Labute approximate surface area is 93.7 Å². The molecule has 5 nitrogen and oxygen atoms in total. The second-order valence-electron chi connectivity index (χ2n) is 3.79. The lowest BCUT2D eigenvalue weighted by molar-refractivity contribution is 0.0947. The Morgan fingerprint density at radius 3 is 2.50 bits per heavy atom. The van der Waals surface area contributed by atoms with Crippen molar-refractivity contribution in [2.45, 2.75) is 23.8 Å².